The number of sulfonamides is 1. The van der Waals surface area contributed by atoms with Gasteiger partial charge in [0.1, 0.15) is 18.4 Å². The van der Waals surface area contributed by atoms with Crippen LogP contribution in [0.15, 0.2) is 48.5 Å². The van der Waals surface area contributed by atoms with Gasteiger partial charge in [-0.15, -0.1) is 0 Å². The number of carbonyl (C=O) groups excluding carboxylic acids is 2. The van der Waals surface area contributed by atoms with Gasteiger partial charge in [-0.2, -0.15) is 0 Å². The summed E-state index contributed by atoms with van der Waals surface area (Å²) < 4.78 is 39.3. The van der Waals surface area contributed by atoms with Crippen molar-refractivity contribution in [3.63, 3.8) is 0 Å². The van der Waals surface area contributed by atoms with Crippen molar-refractivity contribution in [3.8, 4) is 0 Å². The Balaban J connectivity index is 2.04. The highest BCUT2D eigenvalue weighted by atomic mass is 32.2. The Morgan fingerprint density at radius 1 is 1.21 bits per heavy atom. The first kappa shape index (κ1) is 19.8. The molecule has 1 aliphatic rings. The molecule has 0 saturated carbocycles. The van der Waals surface area contributed by atoms with E-state index in [1.165, 1.54) is 17.0 Å². The van der Waals surface area contributed by atoms with E-state index in [9.17, 15) is 22.4 Å². The van der Waals surface area contributed by atoms with Crippen molar-refractivity contribution in [2.45, 2.75) is 19.4 Å². The molecule has 7 nitrogen and oxygen atoms in total. The van der Waals surface area contributed by atoms with Crippen molar-refractivity contribution in [1.82, 2.24) is 0 Å². The zero-order chi connectivity index (χ0) is 20.5. The van der Waals surface area contributed by atoms with Gasteiger partial charge >= 0.3 is 0 Å². The SMILES string of the molecule is CC[C@@H](C(=O)N1CC(=O)Nc2ccccc21)N(c1ccc(F)cc1)S(C)(=O)=O. The van der Waals surface area contributed by atoms with Crippen molar-refractivity contribution in [2.24, 2.45) is 0 Å². The normalized spacial score (nSPS) is 14.8. The molecular formula is C19H20FN3O4S. The number of benzene rings is 2. The third-order valence-corrected chi connectivity index (χ3v) is 5.61. The van der Waals surface area contributed by atoms with E-state index in [1.807, 2.05) is 0 Å². The maximum absolute atomic E-state index is 13.3. The van der Waals surface area contributed by atoms with E-state index in [4.69, 9.17) is 0 Å². The Morgan fingerprint density at radius 2 is 1.86 bits per heavy atom. The number of hydrogen-bond acceptors (Lipinski definition) is 4. The van der Waals surface area contributed by atoms with Crippen LogP contribution in [0.1, 0.15) is 13.3 Å². The average molecular weight is 405 g/mol. The molecule has 3 rings (SSSR count). The molecule has 0 saturated heterocycles. The van der Waals surface area contributed by atoms with Crippen molar-refractivity contribution in [3.05, 3.63) is 54.3 Å². The lowest BCUT2D eigenvalue weighted by Crippen LogP contribution is -2.53. The van der Waals surface area contributed by atoms with Crippen molar-refractivity contribution in [2.75, 3.05) is 27.3 Å². The van der Waals surface area contributed by atoms with Crippen molar-refractivity contribution >= 4 is 38.9 Å². The largest absolute Gasteiger partial charge is 0.323 e. The number of halogens is 1. The number of carbonyl (C=O) groups is 2. The second kappa shape index (κ2) is 7.59. The van der Waals surface area contributed by atoms with Gasteiger partial charge in [0.05, 0.1) is 23.3 Å². The zero-order valence-corrected chi connectivity index (χ0v) is 16.2. The molecule has 1 atom stereocenters. The highest BCUT2D eigenvalue weighted by molar-refractivity contribution is 7.92. The van der Waals surface area contributed by atoms with Gasteiger partial charge < -0.3 is 5.32 Å². The smallest absolute Gasteiger partial charge is 0.251 e. The molecule has 2 amide bonds. The summed E-state index contributed by atoms with van der Waals surface area (Å²) >= 11 is 0. The van der Waals surface area contributed by atoms with E-state index in [0.29, 0.717) is 11.4 Å². The van der Waals surface area contributed by atoms with Gasteiger partial charge in [-0.1, -0.05) is 19.1 Å². The second-order valence-corrected chi connectivity index (χ2v) is 8.31. The molecular weight excluding hydrogens is 385 g/mol. The van der Waals surface area contributed by atoms with Crippen LogP contribution in [-0.4, -0.2) is 39.1 Å². The highest BCUT2D eigenvalue weighted by Crippen LogP contribution is 2.31. The summed E-state index contributed by atoms with van der Waals surface area (Å²) in [4.78, 5) is 26.7. The number of nitrogens with one attached hydrogen (secondary N) is 1. The van der Waals surface area contributed by atoms with Crippen LogP contribution in [0, 0.1) is 5.82 Å². The molecule has 1 aliphatic heterocycles. The first-order valence-electron chi connectivity index (χ1n) is 8.67. The summed E-state index contributed by atoms with van der Waals surface area (Å²) in [7, 11) is -3.85. The van der Waals surface area contributed by atoms with Crippen LogP contribution in [0.25, 0.3) is 0 Å². The van der Waals surface area contributed by atoms with Crippen LogP contribution in [0.5, 0.6) is 0 Å². The predicted molar refractivity (Wildman–Crippen MR) is 105 cm³/mol. The van der Waals surface area contributed by atoms with Crippen molar-refractivity contribution in [1.29, 1.82) is 0 Å². The summed E-state index contributed by atoms with van der Waals surface area (Å²) in [6, 6.07) is 10.6. The quantitative estimate of drug-likeness (QED) is 0.827. The lowest BCUT2D eigenvalue weighted by molar-refractivity contribution is -0.122. The molecule has 2 aromatic carbocycles. The first-order chi connectivity index (χ1) is 13.2. The van der Waals surface area contributed by atoms with E-state index in [-0.39, 0.29) is 24.6 Å². The van der Waals surface area contributed by atoms with Crippen LogP contribution >= 0.6 is 0 Å². The van der Waals surface area contributed by atoms with E-state index in [1.54, 1.807) is 31.2 Å². The van der Waals surface area contributed by atoms with Gasteiger partial charge in [0.15, 0.2) is 0 Å². The van der Waals surface area contributed by atoms with Gasteiger partial charge in [0, 0.05) is 0 Å². The van der Waals surface area contributed by atoms with E-state index in [0.717, 1.165) is 22.7 Å². The van der Waals surface area contributed by atoms with Crippen molar-refractivity contribution < 1.29 is 22.4 Å². The summed E-state index contributed by atoms with van der Waals surface area (Å²) in [5.74, 6) is -1.41. The number of para-hydroxylation sites is 2. The molecule has 0 aliphatic carbocycles. The number of amides is 2. The molecule has 1 N–H and O–H groups in total. The van der Waals surface area contributed by atoms with Crippen LogP contribution < -0.4 is 14.5 Å². The Morgan fingerprint density at radius 3 is 2.46 bits per heavy atom. The maximum atomic E-state index is 13.3. The molecule has 148 valence electrons. The van der Waals surface area contributed by atoms with E-state index in [2.05, 4.69) is 5.32 Å². The third kappa shape index (κ3) is 3.84. The molecule has 0 fully saturated rings. The third-order valence-electron chi connectivity index (χ3n) is 4.43. The number of fused-ring (bicyclic) bond motifs is 1. The molecule has 0 unspecified atom stereocenters. The predicted octanol–water partition coefficient (Wildman–Crippen LogP) is 2.36. The number of rotatable bonds is 5. The first-order valence-corrected chi connectivity index (χ1v) is 10.5. The van der Waals surface area contributed by atoms with Crippen LogP contribution in [0.2, 0.25) is 0 Å². The van der Waals surface area contributed by atoms with Gasteiger partial charge in [-0.3, -0.25) is 18.8 Å². The Hall–Kier alpha value is -2.94. The van der Waals surface area contributed by atoms with Crippen LogP contribution in [-0.2, 0) is 19.6 Å². The number of nitrogens with zero attached hydrogens (tertiary/aromatic N) is 2. The lowest BCUT2D eigenvalue weighted by atomic mass is 10.1. The molecule has 0 spiro atoms. The lowest BCUT2D eigenvalue weighted by Gasteiger charge is -2.36. The Kier molecular flexibility index (Phi) is 5.37. The number of anilines is 3. The maximum Gasteiger partial charge on any atom is 0.251 e. The molecule has 28 heavy (non-hydrogen) atoms. The molecule has 0 bridgehead atoms. The standard InChI is InChI=1S/C19H20FN3O4S/c1-3-16(23(28(2,26)27)14-10-8-13(20)9-11-14)19(25)22-12-18(24)21-15-6-4-5-7-17(15)22/h4-11,16H,3,12H2,1-2H3,(H,21,24)/t16-/m0/s1. The van der Waals surface area contributed by atoms with Crippen LogP contribution in [0.4, 0.5) is 21.5 Å². The molecule has 0 aromatic heterocycles. The minimum atomic E-state index is -3.85. The second-order valence-electron chi connectivity index (χ2n) is 6.45. The van der Waals surface area contributed by atoms with Gasteiger partial charge in [0.2, 0.25) is 15.9 Å². The molecule has 0 radical (unpaired) electrons. The number of hydrogen-bond donors (Lipinski definition) is 1. The minimum Gasteiger partial charge on any atom is -0.323 e. The molecule has 9 heteroatoms. The topological polar surface area (TPSA) is 86.8 Å². The average Bonchev–Trinajstić information content (AvgIpc) is 2.65. The summed E-state index contributed by atoms with van der Waals surface area (Å²) in [6.45, 7) is 1.47. The van der Waals surface area contributed by atoms with Gasteiger partial charge in [0.25, 0.3) is 5.91 Å². The zero-order valence-electron chi connectivity index (χ0n) is 15.4. The summed E-state index contributed by atoms with van der Waals surface area (Å²) in [6.07, 6.45) is 1.16. The highest BCUT2D eigenvalue weighted by Gasteiger charge is 2.37. The monoisotopic (exact) mass is 405 g/mol. The molecule has 1 heterocycles. The van der Waals surface area contributed by atoms with E-state index < -0.39 is 27.8 Å². The van der Waals surface area contributed by atoms with Gasteiger partial charge in [-0.05, 0) is 42.8 Å². The minimum absolute atomic E-state index is 0.170. The fourth-order valence-electron chi connectivity index (χ4n) is 3.24. The summed E-state index contributed by atoms with van der Waals surface area (Å²) in [5, 5.41) is 2.69. The van der Waals surface area contributed by atoms with Gasteiger partial charge in [-0.25, -0.2) is 12.8 Å². The molecule has 2 aromatic rings. The fourth-order valence-corrected chi connectivity index (χ4v) is 4.45. The van der Waals surface area contributed by atoms with E-state index >= 15 is 0 Å². The summed E-state index contributed by atoms with van der Waals surface area (Å²) in [5.41, 5.74) is 1.16. The fraction of sp³-hybridized carbons (Fsp3) is 0.263. The Bertz CT molecular complexity index is 1010. The van der Waals surface area contributed by atoms with Crippen LogP contribution in [0.3, 0.4) is 0 Å². The Labute approximate surface area is 162 Å².